The lowest BCUT2D eigenvalue weighted by molar-refractivity contribution is -0.120. The van der Waals surface area contributed by atoms with Crippen molar-refractivity contribution in [1.82, 2.24) is 0 Å². The Hall–Kier alpha value is -0.650. The van der Waals surface area contributed by atoms with Gasteiger partial charge in [-0.1, -0.05) is 22.4 Å². The Balaban J connectivity index is 0.00000162. The number of hydrogen-bond donors (Lipinski definition) is 2. The van der Waals surface area contributed by atoms with Crippen molar-refractivity contribution in [2.45, 2.75) is 25.3 Å². The summed E-state index contributed by atoms with van der Waals surface area (Å²) in [6.45, 7) is 0. The summed E-state index contributed by atoms with van der Waals surface area (Å²) < 4.78 is 14.2. The molecular weight excluding hydrogens is 322 g/mol. The van der Waals surface area contributed by atoms with Gasteiger partial charge in [-0.2, -0.15) is 0 Å². The van der Waals surface area contributed by atoms with Crippen LogP contribution in [0.2, 0.25) is 0 Å². The van der Waals surface area contributed by atoms with Crippen LogP contribution in [0.3, 0.4) is 0 Å². The van der Waals surface area contributed by atoms with Gasteiger partial charge in [0, 0.05) is 10.5 Å². The van der Waals surface area contributed by atoms with E-state index in [-0.39, 0.29) is 36.0 Å². The Morgan fingerprint density at radius 2 is 2.17 bits per heavy atom. The number of nitrogens with one attached hydrogen (secondary N) is 1. The Labute approximate surface area is 120 Å². The first-order valence-corrected chi connectivity index (χ1v) is 6.38. The highest BCUT2D eigenvalue weighted by molar-refractivity contribution is 9.10. The number of halogens is 3. The third-order valence-electron chi connectivity index (χ3n) is 3.09. The highest BCUT2D eigenvalue weighted by Crippen LogP contribution is 2.26. The summed E-state index contributed by atoms with van der Waals surface area (Å²) in [5.74, 6) is -0.825. The molecule has 0 saturated heterocycles. The minimum atomic E-state index is -0.437. The van der Waals surface area contributed by atoms with Crippen molar-refractivity contribution in [2.75, 3.05) is 5.32 Å². The standard InChI is InChI=1S/C12H14BrFN2O.ClH/c13-7-4-5-9(14)11(6-7)16-12(17)8-2-1-3-10(8)15;/h4-6,8,10H,1-3,15H2,(H,16,17);1H. The molecule has 100 valence electrons. The molecule has 2 atom stereocenters. The summed E-state index contributed by atoms with van der Waals surface area (Å²) in [7, 11) is 0. The zero-order chi connectivity index (χ0) is 12.4. The number of anilines is 1. The average Bonchev–Trinajstić information content (AvgIpc) is 2.70. The lowest BCUT2D eigenvalue weighted by atomic mass is 10.0. The van der Waals surface area contributed by atoms with Crippen molar-refractivity contribution in [1.29, 1.82) is 0 Å². The second-order valence-corrected chi connectivity index (χ2v) is 5.23. The van der Waals surface area contributed by atoms with E-state index in [9.17, 15) is 9.18 Å². The first-order valence-electron chi connectivity index (χ1n) is 5.59. The minimum absolute atomic E-state index is 0. The van der Waals surface area contributed by atoms with Crippen molar-refractivity contribution < 1.29 is 9.18 Å². The first-order chi connectivity index (χ1) is 8.08. The zero-order valence-corrected chi connectivity index (χ0v) is 12.1. The molecule has 3 N–H and O–H groups in total. The summed E-state index contributed by atoms with van der Waals surface area (Å²) in [4.78, 5) is 11.9. The molecule has 1 fully saturated rings. The smallest absolute Gasteiger partial charge is 0.229 e. The molecule has 0 spiro atoms. The predicted molar refractivity (Wildman–Crippen MR) is 75.3 cm³/mol. The topological polar surface area (TPSA) is 55.1 Å². The van der Waals surface area contributed by atoms with E-state index < -0.39 is 5.82 Å². The molecule has 0 heterocycles. The molecule has 0 aliphatic heterocycles. The Morgan fingerprint density at radius 1 is 1.44 bits per heavy atom. The van der Waals surface area contributed by atoms with E-state index in [1.165, 1.54) is 6.07 Å². The molecule has 1 amide bonds. The number of amides is 1. The number of rotatable bonds is 2. The van der Waals surface area contributed by atoms with Gasteiger partial charge in [-0.3, -0.25) is 4.79 Å². The molecule has 0 aromatic heterocycles. The quantitative estimate of drug-likeness (QED) is 0.871. The van der Waals surface area contributed by atoms with Gasteiger partial charge in [-0.15, -0.1) is 12.4 Å². The van der Waals surface area contributed by atoms with Crippen LogP contribution in [0.1, 0.15) is 19.3 Å². The van der Waals surface area contributed by atoms with Gasteiger partial charge in [-0.05, 0) is 31.0 Å². The molecule has 1 saturated carbocycles. The fourth-order valence-corrected chi connectivity index (χ4v) is 2.49. The summed E-state index contributed by atoms with van der Waals surface area (Å²) >= 11 is 3.24. The third kappa shape index (κ3) is 3.43. The molecule has 0 radical (unpaired) electrons. The summed E-state index contributed by atoms with van der Waals surface area (Å²) in [6.07, 6.45) is 2.60. The van der Waals surface area contributed by atoms with Crippen LogP contribution in [0.15, 0.2) is 22.7 Å². The van der Waals surface area contributed by atoms with Gasteiger partial charge in [-0.25, -0.2) is 4.39 Å². The zero-order valence-electron chi connectivity index (χ0n) is 9.66. The Kier molecular flexibility index (Phi) is 5.56. The number of hydrogen-bond acceptors (Lipinski definition) is 2. The molecule has 1 aromatic carbocycles. The molecule has 1 aromatic rings. The van der Waals surface area contributed by atoms with Gasteiger partial charge in [0.25, 0.3) is 0 Å². The third-order valence-corrected chi connectivity index (χ3v) is 3.59. The van der Waals surface area contributed by atoms with Gasteiger partial charge in [0.1, 0.15) is 5.82 Å². The van der Waals surface area contributed by atoms with E-state index in [0.717, 1.165) is 23.7 Å². The maximum Gasteiger partial charge on any atom is 0.229 e. The molecule has 1 aliphatic carbocycles. The van der Waals surface area contributed by atoms with E-state index >= 15 is 0 Å². The summed E-state index contributed by atoms with van der Waals surface area (Å²) in [6, 6.07) is 4.35. The van der Waals surface area contributed by atoms with Gasteiger partial charge in [0.2, 0.25) is 5.91 Å². The number of carbonyl (C=O) groups is 1. The van der Waals surface area contributed by atoms with E-state index in [4.69, 9.17) is 5.73 Å². The monoisotopic (exact) mass is 336 g/mol. The summed E-state index contributed by atoms with van der Waals surface area (Å²) in [5, 5.41) is 2.60. The van der Waals surface area contributed by atoms with Crippen LogP contribution in [0.5, 0.6) is 0 Å². The largest absolute Gasteiger partial charge is 0.327 e. The first kappa shape index (κ1) is 15.4. The molecule has 2 rings (SSSR count). The van der Waals surface area contributed by atoms with E-state index in [1.807, 2.05) is 0 Å². The van der Waals surface area contributed by atoms with Gasteiger partial charge in [0.05, 0.1) is 11.6 Å². The fraction of sp³-hybridized carbons (Fsp3) is 0.417. The number of benzene rings is 1. The second-order valence-electron chi connectivity index (χ2n) is 4.31. The maximum atomic E-state index is 13.4. The van der Waals surface area contributed by atoms with Gasteiger partial charge >= 0.3 is 0 Å². The van der Waals surface area contributed by atoms with Crippen molar-refractivity contribution in [2.24, 2.45) is 11.7 Å². The fourth-order valence-electron chi connectivity index (χ4n) is 2.13. The van der Waals surface area contributed by atoms with Crippen LogP contribution in [0, 0.1) is 11.7 Å². The Bertz CT molecular complexity index is 444. The lowest BCUT2D eigenvalue weighted by Crippen LogP contribution is -2.34. The van der Waals surface area contributed by atoms with Crippen molar-refractivity contribution in [3.05, 3.63) is 28.5 Å². The molecule has 18 heavy (non-hydrogen) atoms. The molecule has 2 unspecified atom stereocenters. The van der Waals surface area contributed by atoms with E-state index in [1.54, 1.807) is 12.1 Å². The maximum absolute atomic E-state index is 13.4. The van der Waals surface area contributed by atoms with Crippen LogP contribution < -0.4 is 11.1 Å². The van der Waals surface area contributed by atoms with Crippen LogP contribution in [0.25, 0.3) is 0 Å². The summed E-state index contributed by atoms with van der Waals surface area (Å²) in [5.41, 5.74) is 6.04. The van der Waals surface area contributed by atoms with Crippen LogP contribution in [-0.4, -0.2) is 11.9 Å². The van der Waals surface area contributed by atoms with Crippen LogP contribution in [0.4, 0.5) is 10.1 Å². The number of carbonyl (C=O) groups excluding carboxylic acids is 1. The normalized spacial score (nSPS) is 22.4. The Morgan fingerprint density at radius 3 is 2.78 bits per heavy atom. The minimum Gasteiger partial charge on any atom is -0.327 e. The average molecular weight is 338 g/mol. The highest BCUT2D eigenvalue weighted by Gasteiger charge is 2.30. The molecule has 0 bridgehead atoms. The van der Waals surface area contributed by atoms with Crippen molar-refractivity contribution in [3.63, 3.8) is 0 Å². The molecule has 3 nitrogen and oxygen atoms in total. The van der Waals surface area contributed by atoms with Crippen molar-refractivity contribution in [3.8, 4) is 0 Å². The molecule has 6 heteroatoms. The lowest BCUT2D eigenvalue weighted by Gasteiger charge is -2.15. The highest BCUT2D eigenvalue weighted by atomic mass is 79.9. The predicted octanol–water partition coefficient (Wildman–Crippen LogP) is 3.08. The van der Waals surface area contributed by atoms with Crippen LogP contribution >= 0.6 is 28.3 Å². The van der Waals surface area contributed by atoms with Crippen LogP contribution in [-0.2, 0) is 4.79 Å². The molecule has 1 aliphatic rings. The van der Waals surface area contributed by atoms with E-state index in [0.29, 0.717) is 0 Å². The van der Waals surface area contributed by atoms with Crippen molar-refractivity contribution >= 4 is 39.9 Å². The SMILES string of the molecule is Cl.NC1CCCC1C(=O)Nc1cc(Br)ccc1F. The van der Waals surface area contributed by atoms with Gasteiger partial charge < -0.3 is 11.1 Å². The van der Waals surface area contributed by atoms with E-state index in [2.05, 4.69) is 21.2 Å². The van der Waals surface area contributed by atoms with Gasteiger partial charge in [0.15, 0.2) is 0 Å². The molecular formula is C12H15BrClFN2O. The number of nitrogens with two attached hydrogens (primary N) is 1. The second kappa shape index (κ2) is 6.50.